The Morgan fingerprint density at radius 3 is 2.15 bits per heavy atom. The Morgan fingerprint density at radius 1 is 1.23 bits per heavy atom. The van der Waals surface area contributed by atoms with E-state index in [0.29, 0.717) is 4.90 Å². The van der Waals surface area contributed by atoms with Gasteiger partial charge in [-0.3, -0.25) is 0 Å². The lowest BCUT2D eigenvalue weighted by Gasteiger charge is -2.02. The molecular weight excluding hydrogens is 186 g/mol. The third-order valence-corrected chi connectivity index (χ3v) is 3.63. The van der Waals surface area contributed by atoms with Gasteiger partial charge in [-0.15, -0.1) is 0 Å². The second kappa shape index (κ2) is 3.79. The maximum Gasteiger partial charge on any atom is 0.178 e. The molecule has 0 saturated heterocycles. The summed E-state index contributed by atoms with van der Waals surface area (Å²) in [5.41, 5.74) is 0.912. The van der Waals surface area contributed by atoms with E-state index >= 15 is 0 Å². The van der Waals surface area contributed by atoms with Gasteiger partial charge in [0, 0.05) is 12.7 Å². The Hall–Kier alpha value is -1.03. The minimum Gasteiger partial charge on any atom is -0.388 e. The maximum absolute atomic E-state index is 11.4. The smallest absolute Gasteiger partial charge is 0.178 e. The molecule has 3 nitrogen and oxygen atoms in total. The average Bonchev–Trinajstić information content (AvgIpc) is 2.18. The Morgan fingerprint density at radius 2 is 1.77 bits per heavy atom. The molecule has 1 aromatic rings. The minimum atomic E-state index is -3.05. The van der Waals surface area contributed by atoms with Gasteiger partial charge in [-0.25, -0.2) is 8.42 Å². The molecule has 0 saturated carbocycles. The zero-order valence-electron chi connectivity index (χ0n) is 7.74. The van der Waals surface area contributed by atoms with Crippen molar-refractivity contribution in [2.24, 2.45) is 0 Å². The van der Waals surface area contributed by atoms with Crippen molar-refractivity contribution in [1.29, 1.82) is 0 Å². The van der Waals surface area contributed by atoms with Gasteiger partial charge in [0.05, 0.1) is 10.6 Å². The summed E-state index contributed by atoms with van der Waals surface area (Å²) in [4.78, 5) is 0.383. The van der Waals surface area contributed by atoms with Crippen LogP contribution in [0.2, 0.25) is 0 Å². The summed E-state index contributed by atoms with van der Waals surface area (Å²) in [6, 6.07) is 6.74. The van der Waals surface area contributed by atoms with E-state index in [9.17, 15) is 8.42 Å². The van der Waals surface area contributed by atoms with Crippen LogP contribution in [0.15, 0.2) is 29.2 Å². The predicted molar refractivity (Wildman–Crippen MR) is 53.7 cm³/mol. The molecule has 0 bridgehead atoms. The van der Waals surface area contributed by atoms with Crippen LogP contribution in [0.3, 0.4) is 0 Å². The zero-order valence-corrected chi connectivity index (χ0v) is 8.56. The Bertz CT molecular complexity index is 367. The maximum atomic E-state index is 11.4. The molecule has 0 fully saturated rings. The number of rotatable bonds is 3. The summed E-state index contributed by atoms with van der Waals surface area (Å²) < 4.78 is 22.8. The highest BCUT2D eigenvalue weighted by Crippen LogP contribution is 2.14. The molecule has 0 aliphatic rings. The lowest BCUT2D eigenvalue weighted by molar-refractivity contribution is 0.597. The summed E-state index contributed by atoms with van der Waals surface area (Å²) in [6.07, 6.45) is 0. The molecule has 0 spiro atoms. The summed E-state index contributed by atoms with van der Waals surface area (Å²) in [7, 11) is -1.26. The first kappa shape index (κ1) is 10.1. The van der Waals surface area contributed by atoms with Gasteiger partial charge in [0.25, 0.3) is 0 Å². The average molecular weight is 199 g/mol. The molecule has 1 N–H and O–H groups in total. The van der Waals surface area contributed by atoms with Crippen LogP contribution < -0.4 is 5.32 Å². The lowest BCUT2D eigenvalue weighted by atomic mass is 10.3. The van der Waals surface area contributed by atoms with Gasteiger partial charge in [-0.1, -0.05) is 6.92 Å². The molecule has 72 valence electrons. The highest BCUT2D eigenvalue weighted by atomic mass is 32.2. The van der Waals surface area contributed by atoms with Crippen molar-refractivity contribution in [1.82, 2.24) is 0 Å². The fraction of sp³-hybridized carbons (Fsp3) is 0.333. The van der Waals surface area contributed by atoms with Crippen molar-refractivity contribution < 1.29 is 8.42 Å². The van der Waals surface area contributed by atoms with E-state index in [1.54, 1.807) is 38.2 Å². The number of anilines is 1. The lowest BCUT2D eigenvalue weighted by Crippen LogP contribution is -2.03. The van der Waals surface area contributed by atoms with Gasteiger partial charge in [0.1, 0.15) is 0 Å². The third kappa shape index (κ3) is 2.21. The molecule has 13 heavy (non-hydrogen) atoms. The third-order valence-electron chi connectivity index (χ3n) is 1.88. The van der Waals surface area contributed by atoms with Crippen molar-refractivity contribution in [2.45, 2.75) is 11.8 Å². The number of sulfone groups is 1. The van der Waals surface area contributed by atoms with E-state index in [4.69, 9.17) is 0 Å². The van der Waals surface area contributed by atoms with Gasteiger partial charge in [-0.05, 0) is 24.3 Å². The molecular formula is C9H13NO2S. The molecule has 0 aliphatic heterocycles. The van der Waals surface area contributed by atoms with Crippen molar-refractivity contribution in [3.8, 4) is 0 Å². The molecule has 0 unspecified atom stereocenters. The van der Waals surface area contributed by atoms with Crippen LogP contribution in [-0.2, 0) is 9.84 Å². The van der Waals surface area contributed by atoms with Gasteiger partial charge >= 0.3 is 0 Å². The first-order chi connectivity index (χ1) is 6.10. The summed E-state index contributed by atoms with van der Waals surface area (Å²) in [6.45, 7) is 1.64. The van der Waals surface area contributed by atoms with Crippen LogP contribution in [0, 0.1) is 0 Å². The molecule has 0 amide bonds. The highest BCUT2D eigenvalue weighted by molar-refractivity contribution is 7.91. The van der Waals surface area contributed by atoms with Crippen molar-refractivity contribution in [3.05, 3.63) is 24.3 Å². The van der Waals surface area contributed by atoms with Crippen LogP contribution in [0.1, 0.15) is 6.92 Å². The van der Waals surface area contributed by atoms with E-state index in [0.717, 1.165) is 5.69 Å². The Labute approximate surface area is 78.7 Å². The molecule has 0 radical (unpaired) electrons. The van der Waals surface area contributed by atoms with Crippen LogP contribution in [0.25, 0.3) is 0 Å². The van der Waals surface area contributed by atoms with Crippen LogP contribution in [0.4, 0.5) is 5.69 Å². The van der Waals surface area contributed by atoms with Gasteiger partial charge in [0.2, 0.25) is 0 Å². The number of benzene rings is 1. The zero-order chi connectivity index (χ0) is 9.90. The van der Waals surface area contributed by atoms with E-state index in [1.165, 1.54) is 0 Å². The quantitative estimate of drug-likeness (QED) is 0.802. The molecule has 0 atom stereocenters. The van der Waals surface area contributed by atoms with Crippen LogP contribution in [0.5, 0.6) is 0 Å². The van der Waals surface area contributed by atoms with Crippen molar-refractivity contribution >= 4 is 15.5 Å². The number of hydrogen-bond acceptors (Lipinski definition) is 3. The molecule has 0 aromatic heterocycles. The second-order valence-corrected chi connectivity index (χ2v) is 4.96. The Balaban J connectivity index is 3.06. The summed E-state index contributed by atoms with van der Waals surface area (Å²) >= 11 is 0. The normalized spacial score (nSPS) is 11.2. The van der Waals surface area contributed by atoms with Gasteiger partial charge < -0.3 is 5.32 Å². The monoisotopic (exact) mass is 199 g/mol. The van der Waals surface area contributed by atoms with E-state index in [-0.39, 0.29) is 5.75 Å². The fourth-order valence-electron chi connectivity index (χ4n) is 0.996. The highest BCUT2D eigenvalue weighted by Gasteiger charge is 2.09. The van der Waals surface area contributed by atoms with Crippen molar-refractivity contribution in [3.63, 3.8) is 0 Å². The second-order valence-electron chi connectivity index (χ2n) is 2.68. The van der Waals surface area contributed by atoms with E-state index in [2.05, 4.69) is 5.32 Å². The Kier molecular flexibility index (Phi) is 2.93. The molecule has 1 rings (SSSR count). The number of nitrogens with one attached hydrogen (secondary N) is 1. The SMILES string of the molecule is CCS(=O)(=O)c1ccc(NC)cc1. The summed E-state index contributed by atoms with van der Waals surface area (Å²) in [5.74, 6) is 0.145. The number of hydrogen-bond donors (Lipinski definition) is 1. The molecule has 0 heterocycles. The van der Waals surface area contributed by atoms with Crippen LogP contribution in [-0.4, -0.2) is 21.2 Å². The molecule has 0 aliphatic carbocycles. The van der Waals surface area contributed by atoms with E-state index < -0.39 is 9.84 Å². The predicted octanol–water partition coefficient (Wildman–Crippen LogP) is 1.52. The molecule has 1 aromatic carbocycles. The van der Waals surface area contributed by atoms with Crippen molar-refractivity contribution in [2.75, 3.05) is 18.1 Å². The summed E-state index contributed by atoms with van der Waals surface area (Å²) in [5, 5.41) is 2.93. The first-order valence-electron chi connectivity index (χ1n) is 4.10. The fourth-order valence-corrected chi connectivity index (χ4v) is 1.88. The standard InChI is InChI=1S/C9H13NO2S/c1-3-13(11,12)9-6-4-8(10-2)5-7-9/h4-7,10H,3H2,1-2H3. The topological polar surface area (TPSA) is 46.2 Å². The largest absolute Gasteiger partial charge is 0.388 e. The first-order valence-corrected chi connectivity index (χ1v) is 5.76. The molecule has 4 heteroatoms. The van der Waals surface area contributed by atoms with Gasteiger partial charge in [-0.2, -0.15) is 0 Å². The van der Waals surface area contributed by atoms with Crippen LogP contribution >= 0.6 is 0 Å². The minimum absolute atomic E-state index is 0.145. The van der Waals surface area contributed by atoms with Gasteiger partial charge in [0.15, 0.2) is 9.84 Å². The van der Waals surface area contributed by atoms with E-state index in [1.807, 2.05) is 0 Å².